The van der Waals surface area contributed by atoms with E-state index in [4.69, 9.17) is 4.74 Å². The van der Waals surface area contributed by atoms with Gasteiger partial charge in [-0.15, -0.1) is 11.3 Å². The molecule has 0 saturated heterocycles. The van der Waals surface area contributed by atoms with Crippen molar-refractivity contribution in [2.75, 3.05) is 0 Å². The lowest BCUT2D eigenvalue weighted by molar-refractivity contribution is 0.469. The van der Waals surface area contributed by atoms with Crippen LogP contribution in [0, 0.1) is 0 Å². The molecule has 0 amide bonds. The smallest absolute Gasteiger partial charge is 0.231 e. The van der Waals surface area contributed by atoms with Crippen molar-refractivity contribution in [2.45, 2.75) is 0 Å². The molecular formula is C16H10N2OS. The summed E-state index contributed by atoms with van der Waals surface area (Å²) in [5.41, 5.74) is 0. The normalized spacial score (nSPS) is 11.0. The number of aromatic nitrogens is 2. The van der Waals surface area contributed by atoms with Crippen LogP contribution in [0.15, 0.2) is 60.2 Å². The minimum Gasteiger partial charge on any atom is -0.438 e. The maximum Gasteiger partial charge on any atom is 0.231 e. The minimum atomic E-state index is 0.603. The van der Waals surface area contributed by atoms with Crippen LogP contribution >= 0.6 is 11.3 Å². The third-order valence-electron chi connectivity index (χ3n) is 3.16. The summed E-state index contributed by atoms with van der Waals surface area (Å²) < 4.78 is 5.91. The molecule has 0 atom stereocenters. The van der Waals surface area contributed by atoms with Crippen molar-refractivity contribution in [1.29, 1.82) is 0 Å². The van der Waals surface area contributed by atoms with E-state index in [1.807, 2.05) is 35.7 Å². The highest BCUT2D eigenvalue weighted by Gasteiger charge is 2.07. The molecule has 96 valence electrons. The molecule has 4 heteroatoms. The van der Waals surface area contributed by atoms with E-state index in [0.29, 0.717) is 5.88 Å². The molecule has 20 heavy (non-hydrogen) atoms. The summed E-state index contributed by atoms with van der Waals surface area (Å²) in [5, 5.41) is 5.29. The molecule has 0 spiro atoms. The monoisotopic (exact) mass is 278 g/mol. The summed E-state index contributed by atoms with van der Waals surface area (Å²) in [7, 11) is 0. The van der Waals surface area contributed by atoms with Crippen LogP contribution in [-0.2, 0) is 0 Å². The van der Waals surface area contributed by atoms with Gasteiger partial charge in [-0.1, -0.05) is 30.3 Å². The van der Waals surface area contributed by atoms with Crippen LogP contribution in [0.4, 0.5) is 0 Å². The molecular weight excluding hydrogens is 268 g/mol. The Kier molecular flexibility index (Phi) is 2.60. The molecule has 0 N–H and O–H groups in total. The Morgan fingerprint density at radius 2 is 1.80 bits per heavy atom. The van der Waals surface area contributed by atoms with E-state index in [1.54, 1.807) is 11.3 Å². The Bertz CT molecular complexity index is 901. The highest BCUT2D eigenvalue weighted by atomic mass is 32.1. The number of thiophene rings is 1. The number of hydrogen-bond donors (Lipinski definition) is 0. The summed E-state index contributed by atoms with van der Waals surface area (Å²) in [6.07, 6.45) is 1.54. The number of nitrogens with zero attached hydrogens (tertiary/aromatic N) is 2. The second kappa shape index (κ2) is 4.58. The van der Waals surface area contributed by atoms with Crippen molar-refractivity contribution >= 4 is 32.3 Å². The predicted octanol–water partition coefficient (Wildman–Crippen LogP) is 4.64. The van der Waals surface area contributed by atoms with Crippen LogP contribution in [-0.4, -0.2) is 9.97 Å². The van der Waals surface area contributed by atoms with Gasteiger partial charge in [0.05, 0.1) is 5.39 Å². The van der Waals surface area contributed by atoms with Crippen LogP contribution < -0.4 is 4.74 Å². The van der Waals surface area contributed by atoms with E-state index >= 15 is 0 Å². The van der Waals surface area contributed by atoms with Gasteiger partial charge < -0.3 is 4.74 Å². The minimum absolute atomic E-state index is 0.603. The first kappa shape index (κ1) is 11.4. The standard InChI is InChI=1S/C16H10N2OS/c1-2-4-12-9-13(6-5-11(12)3-1)19-15-14-7-8-20-16(14)18-10-17-15/h1-10H. The van der Waals surface area contributed by atoms with Gasteiger partial charge in [0, 0.05) is 0 Å². The third-order valence-corrected chi connectivity index (χ3v) is 3.98. The molecule has 4 aromatic rings. The molecule has 2 aromatic heterocycles. The summed E-state index contributed by atoms with van der Waals surface area (Å²) in [6.45, 7) is 0. The van der Waals surface area contributed by atoms with Crippen LogP contribution in [0.25, 0.3) is 21.0 Å². The van der Waals surface area contributed by atoms with Gasteiger partial charge in [-0.3, -0.25) is 0 Å². The molecule has 0 aliphatic carbocycles. The molecule has 0 unspecified atom stereocenters. The van der Waals surface area contributed by atoms with Crippen molar-refractivity contribution in [1.82, 2.24) is 9.97 Å². The summed E-state index contributed by atoms with van der Waals surface area (Å²) in [4.78, 5) is 9.39. The molecule has 0 saturated carbocycles. The van der Waals surface area contributed by atoms with E-state index in [-0.39, 0.29) is 0 Å². The van der Waals surface area contributed by atoms with E-state index in [2.05, 4.69) is 28.2 Å². The van der Waals surface area contributed by atoms with Crippen LogP contribution in [0.3, 0.4) is 0 Å². The average molecular weight is 278 g/mol. The van der Waals surface area contributed by atoms with Crippen molar-refractivity contribution in [3.63, 3.8) is 0 Å². The van der Waals surface area contributed by atoms with Gasteiger partial charge in [0.1, 0.15) is 16.9 Å². The average Bonchev–Trinajstić information content (AvgIpc) is 2.97. The molecule has 2 heterocycles. The van der Waals surface area contributed by atoms with Crippen molar-refractivity contribution in [3.05, 3.63) is 60.2 Å². The number of hydrogen-bond acceptors (Lipinski definition) is 4. The first-order valence-electron chi connectivity index (χ1n) is 6.25. The fourth-order valence-electron chi connectivity index (χ4n) is 2.19. The van der Waals surface area contributed by atoms with E-state index in [0.717, 1.165) is 21.4 Å². The quantitative estimate of drug-likeness (QED) is 0.536. The summed E-state index contributed by atoms with van der Waals surface area (Å²) >= 11 is 1.58. The fraction of sp³-hybridized carbons (Fsp3) is 0. The number of fused-ring (bicyclic) bond motifs is 2. The SMILES string of the molecule is c1ccc2cc(Oc3ncnc4sccc34)ccc2c1. The number of benzene rings is 2. The fourth-order valence-corrected chi connectivity index (χ4v) is 2.91. The van der Waals surface area contributed by atoms with Crippen molar-refractivity contribution < 1.29 is 4.74 Å². The second-order valence-corrected chi connectivity index (χ2v) is 5.32. The zero-order chi connectivity index (χ0) is 13.4. The lowest BCUT2D eigenvalue weighted by Gasteiger charge is -2.06. The lowest BCUT2D eigenvalue weighted by Crippen LogP contribution is -1.89. The summed E-state index contributed by atoms with van der Waals surface area (Å²) in [6, 6.07) is 16.2. The lowest BCUT2D eigenvalue weighted by atomic mass is 10.1. The highest BCUT2D eigenvalue weighted by molar-refractivity contribution is 7.16. The van der Waals surface area contributed by atoms with Gasteiger partial charge in [-0.25, -0.2) is 9.97 Å². The van der Waals surface area contributed by atoms with Crippen molar-refractivity contribution in [2.24, 2.45) is 0 Å². The van der Waals surface area contributed by atoms with Crippen LogP contribution in [0.2, 0.25) is 0 Å². The Balaban J connectivity index is 1.78. The van der Waals surface area contributed by atoms with Gasteiger partial charge in [0.25, 0.3) is 0 Å². The Labute approximate surface area is 119 Å². The molecule has 2 aromatic carbocycles. The number of rotatable bonds is 2. The molecule has 0 aliphatic rings. The van der Waals surface area contributed by atoms with Gasteiger partial charge >= 0.3 is 0 Å². The maximum absolute atomic E-state index is 5.91. The van der Waals surface area contributed by atoms with E-state index in [9.17, 15) is 0 Å². The molecule has 0 bridgehead atoms. The molecule has 0 fully saturated rings. The maximum atomic E-state index is 5.91. The first-order valence-corrected chi connectivity index (χ1v) is 7.13. The summed E-state index contributed by atoms with van der Waals surface area (Å²) in [5.74, 6) is 1.39. The van der Waals surface area contributed by atoms with Gasteiger partial charge in [0.15, 0.2) is 0 Å². The van der Waals surface area contributed by atoms with Crippen molar-refractivity contribution in [3.8, 4) is 11.6 Å². The van der Waals surface area contributed by atoms with E-state index < -0.39 is 0 Å². The molecule has 3 nitrogen and oxygen atoms in total. The topological polar surface area (TPSA) is 35.0 Å². The molecule has 0 radical (unpaired) electrons. The first-order chi connectivity index (χ1) is 9.90. The predicted molar refractivity (Wildman–Crippen MR) is 81.4 cm³/mol. The van der Waals surface area contributed by atoms with Gasteiger partial charge in [-0.2, -0.15) is 0 Å². The Morgan fingerprint density at radius 3 is 2.75 bits per heavy atom. The van der Waals surface area contributed by atoms with E-state index in [1.165, 1.54) is 11.7 Å². The molecule has 4 rings (SSSR count). The van der Waals surface area contributed by atoms with Crippen LogP contribution in [0.5, 0.6) is 11.6 Å². The molecule has 0 aliphatic heterocycles. The Morgan fingerprint density at radius 1 is 0.900 bits per heavy atom. The third kappa shape index (κ3) is 1.90. The highest BCUT2D eigenvalue weighted by Crippen LogP contribution is 2.30. The number of ether oxygens (including phenoxy) is 1. The zero-order valence-electron chi connectivity index (χ0n) is 10.5. The Hall–Kier alpha value is -2.46. The largest absolute Gasteiger partial charge is 0.438 e. The van der Waals surface area contributed by atoms with Crippen LogP contribution in [0.1, 0.15) is 0 Å². The second-order valence-electron chi connectivity index (χ2n) is 4.43. The van der Waals surface area contributed by atoms with Gasteiger partial charge in [0.2, 0.25) is 5.88 Å². The zero-order valence-corrected chi connectivity index (χ0v) is 11.3. The van der Waals surface area contributed by atoms with Gasteiger partial charge in [-0.05, 0) is 34.4 Å².